The number of non-ortho nitro benzene ring substituents is 1. The summed E-state index contributed by atoms with van der Waals surface area (Å²) >= 11 is 9.21. The second-order valence-corrected chi connectivity index (χ2v) is 5.49. The molecule has 1 amide bonds. The van der Waals surface area contributed by atoms with Gasteiger partial charge in [-0.2, -0.15) is 5.10 Å². The highest BCUT2D eigenvalue weighted by molar-refractivity contribution is 9.10. The van der Waals surface area contributed by atoms with Gasteiger partial charge in [0.05, 0.1) is 25.8 Å². The second kappa shape index (κ2) is 6.23. The van der Waals surface area contributed by atoms with Gasteiger partial charge in [0.15, 0.2) is 0 Å². The fourth-order valence-corrected chi connectivity index (χ4v) is 2.11. The maximum atomic E-state index is 11.9. The van der Waals surface area contributed by atoms with Crippen LogP contribution in [0.15, 0.2) is 28.9 Å². The first-order valence-corrected chi connectivity index (χ1v) is 6.97. The van der Waals surface area contributed by atoms with Crippen molar-refractivity contribution in [3.05, 3.63) is 49.7 Å². The molecule has 0 fully saturated rings. The molecule has 21 heavy (non-hydrogen) atoms. The van der Waals surface area contributed by atoms with Crippen molar-refractivity contribution in [1.29, 1.82) is 0 Å². The number of amides is 1. The number of benzene rings is 1. The maximum absolute atomic E-state index is 11.9. The zero-order valence-electron chi connectivity index (χ0n) is 10.8. The van der Waals surface area contributed by atoms with E-state index in [9.17, 15) is 14.9 Å². The Bertz CT molecular complexity index is 697. The van der Waals surface area contributed by atoms with Crippen LogP contribution >= 0.6 is 27.5 Å². The summed E-state index contributed by atoms with van der Waals surface area (Å²) in [5.74, 6) is -0.382. The van der Waals surface area contributed by atoms with Crippen molar-refractivity contribution in [1.82, 2.24) is 9.78 Å². The van der Waals surface area contributed by atoms with E-state index in [0.717, 1.165) is 10.2 Å². The van der Waals surface area contributed by atoms with E-state index in [2.05, 4.69) is 26.3 Å². The predicted octanol–water partition coefficient (Wildman–Crippen LogP) is 3.15. The molecule has 0 unspecified atom stereocenters. The summed E-state index contributed by atoms with van der Waals surface area (Å²) in [4.78, 5) is 22.1. The Morgan fingerprint density at radius 1 is 1.57 bits per heavy atom. The number of hydrogen-bond acceptors (Lipinski definition) is 4. The number of rotatable bonds is 4. The van der Waals surface area contributed by atoms with Crippen molar-refractivity contribution in [2.24, 2.45) is 0 Å². The number of carbonyl (C=O) groups excluding carboxylic acids is 1. The Labute approximate surface area is 133 Å². The number of hydrogen-bond donors (Lipinski definition) is 1. The summed E-state index contributed by atoms with van der Waals surface area (Å²) in [5.41, 5.74) is 0.808. The minimum absolute atomic E-state index is 0.0224. The van der Waals surface area contributed by atoms with Crippen LogP contribution < -0.4 is 5.32 Å². The summed E-state index contributed by atoms with van der Waals surface area (Å²) in [7, 11) is 0. The van der Waals surface area contributed by atoms with Gasteiger partial charge in [-0.3, -0.25) is 19.6 Å². The number of nitro groups is 1. The minimum atomic E-state index is -0.556. The van der Waals surface area contributed by atoms with E-state index in [-0.39, 0.29) is 28.8 Å². The third-order valence-corrected chi connectivity index (χ3v) is 3.74. The van der Waals surface area contributed by atoms with E-state index in [1.165, 1.54) is 22.9 Å². The molecule has 1 heterocycles. The molecule has 0 radical (unpaired) electrons. The molecular formula is C12H10BrClN4O3. The van der Waals surface area contributed by atoms with Gasteiger partial charge in [-0.05, 0) is 28.9 Å². The number of nitro benzene ring substituents is 1. The van der Waals surface area contributed by atoms with Gasteiger partial charge in [0, 0.05) is 18.3 Å². The molecule has 1 aromatic carbocycles. The highest BCUT2D eigenvalue weighted by Gasteiger charge is 2.13. The smallest absolute Gasteiger partial charge is 0.271 e. The molecule has 2 rings (SSSR count). The van der Waals surface area contributed by atoms with Gasteiger partial charge >= 0.3 is 0 Å². The Balaban J connectivity index is 2.12. The van der Waals surface area contributed by atoms with Gasteiger partial charge < -0.3 is 5.32 Å². The van der Waals surface area contributed by atoms with E-state index in [0.29, 0.717) is 0 Å². The van der Waals surface area contributed by atoms with Crippen molar-refractivity contribution in [2.45, 2.75) is 13.5 Å². The number of aromatic nitrogens is 2. The first-order valence-electron chi connectivity index (χ1n) is 5.80. The van der Waals surface area contributed by atoms with Crippen molar-refractivity contribution in [2.75, 3.05) is 5.32 Å². The fourth-order valence-electron chi connectivity index (χ4n) is 1.63. The van der Waals surface area contributed by atoms with Crippen LogP contribution in [0.25, 0.3) is 0 Å². The zero-order chi connectivity index (χ0) is 15.6. The van der Waals surface area contributed by atoms with E-state index in [1.807, 2.05) is 0 Å². The first kappa shape index (κ1) is 15.5. The molecule has 2 aromatic rings. The molecule has 1 N–H and O–H groups in total. The van der Waals surface area contributed by atoms with Gasteiger partial charge in [-0.15, -0.1) is 0 Å². The number of halogens is 2. The van der Waals surface area contributed by atoms with Crippen molar-refractivity contribution in [3.63, 3.8) is 0 Å². The first-order chi connectivity index (χ1) is 9.86. The molecule has 0 bridgehead atoms. The van der Waals surface area contributed by atoms with Crippen LogP contribution in [0.1, 0.15) is 5.69 Å². The molecule has 7 nitrogen and oxygen atoms in total. The van der Waals surface area contributed by atoms with Gasteiger partial charge in [0.25, 0.3) is 5.69 Å². The van der Waals surface area contributed by atoms with E-state index < -0.39 is 4.92 Å². The highest BCUT2D eigenvalue weighted by Crippen LogP contribution is 2.26. The Hall–Kier alpha value is -1.93. The molecule has 0 aliphatic heterocycles. The van der Waals surface area contributed by atoms with Crippen molar-refractivity contribution >= 4 is 44.8 Å². The molecule has 0 atom stereocenters. The average molecular weight is 374 g/mol. The van der Waals surface area contributed by atoms with Crippen LogP contribution in [0.5, 0.6) is 0 Å². The van der Waals surface area contributed by atoms with Crippen molar-refractivity contribution in [3.8, 4) is 0 Å². The van der Waals surface area contributed by atoms with Crippen LogP contribution in [0.2, 0.25) is 5.02 Å². The third-order valence-electron chi connectivity index (χ3n) is 2.63. The number of carbonyl (C=O) groups is 1. The molecule has 0 spiro atoms. The summed E-state index contributed by atoms with van der Waals surface area (Å²) in [6, 6.07) is 3.85. The number of nitrogens with zero attached hydrogens (tertiary/aromatic N) is 3. The second-order valence-electron chi connectivity index (χ2n) is 4.23. The van der Waals surface area contributed by atoms with Gasteiger partial charge in [-0.1, -0.05) is 11.6 Å². The quantitative estimate of drug-likeness (QED) is 0.658. The molecule has 1 aromatic heterocycles. The lowest BCUT2D eigenvalue weighted by atomic mass is 10.3. The van der Waals surface area contributed by atoms with Crippen LogP contribution in [0.3, 0.4) is 0 Å². The van der Waals surface area contributed by atoms with E-state index in [4.69, 9.17) is 11.6 Å². The molecule has 110 valence electrons. The number of nitrogens with one attached hydrogen (secondary N) is 1. The van der Waals surface area contributed by atoms with Gasteiger partial charge in [-0.25, -0.2) is 0 Å². The van der Waals surface area contributed by atoms with E-state index in [1.54, 1.807) is 13.1 Å². The summed E-state index contributed by atoms with van der Waals surface area (Å²) in [5, 5.41) is 17.6. The Kier molecular flexibility index (Phi) is 4.59. The van der Waals surface area contributed by atoms with Crippen LogP contribution in [-0.4, -0.2) is 20.6 Å². The lowest BCUT2D eigenvalue weighted by molar-refractivity contribution is -0.384. The normalized spacial score (nSPS) is 10.4. The molecular weight excluding hydrogens is 364 g/mol. The summed E-state index contributed by atoms with van der Waals surface area (Å²) < 4.78 is 2.25. The number of aryl methyl sites for hydroxylation is 1. The molecule has 0 saturated heterocycles. The lowest BCUT2D eigenvalue weighted by Crippen LogP contribution is -2.19. The third kappa shape index (κ3) is 3.79. The van der Waals surface area contributed by atoms with Gasteiger partial charge in [0.2, 0.25) is 5.91 Å². The molecule has 0 aliphatic carbocycles. The molecule has 0 aliphatic rings. The monoisotopic (exact) mass is 372 g/mol. The zero-order valence-corrected chi connectivity index (χ0v) is 13.2. The van der Waals surface area contributed by atoms with Crippen LogP contribution in [0.4, 0.5) is 11.4 Å². The van der Waals surface area contributed by atoms with E-state index >= 15 is 0 Å². The Morgan fingerprint density at radius 2 is 2.29 bits per heavy atom. The summed E-state index contributed by atoms with van der Waals surface area (Å²) in [6.45, 7) is 1.78. The van der Waals surface area contributed by atoms with Crippen LogP contribution in [-0.2, 0) is 11.3 Å². The molecule has 0 saturated carbocycles. The largest absolute Gasteiger partial charge is 0.323 e. The lowest BCUT2D eigenvalue weighted by Gasteiger charge is -2.07. The highest BCUT2D eigenvalue weighted by atomic mass is 79.9. The van der Waals surface area contributed by atoms with Gasteiger partial charge in [0.1, 0.15) is 6.54 Å². The van der Waals surface area contributed by atoms with Crippen LogP contribution in [0, 0.1) is 17.0 Å². The number of anilines is 1. The summed E-state index contributed by atoms with van der Waals surface area (Å²) in [6.07, 6.45) is 1.67. The standard InChI is InChI=1S/C12H10BrClN4O3/c1-7-9(13)5-17(16-7)6-12(19)15-11-4-8(18(20)21)2-3-10(11)14/h2-5H,6H2,1H3,(H,15,19). The van der Waals surface area contributed by atoms with Crippen molar-refractivity contribution < 1.29 is 9.72 Å². The maximum Gasteiger partial charge on any atom is 0.271 e. The fraction of sp³-hybridized carbons (Fsp3) is 0.167. The SMILES string of the molecule is Cc1nn(CC(=O)Nc2cc([N+](=O)[O-])ccc2Cl)cc1Br. The topological polar surface area (TPSA) is 90.1 Å². The molecule has 9 heteroatoms. The predicted molar refractivity (Wildman–Crippen MR) is 81.4 cm³/mol. The average Bonchev–Trinajstić information content (AvgIpc) is 2.70. The Morgan fingerprint density at radius 3 is 2.86 bits per heavy atom. The minimum Gasteiger partial charge on any atom is -0.323 e.